The molecule has 0 saturated heterocycles. The Morgan fingerprint density at radius 3 is 2.64 bits per heavy atom. The molecule has 0 heterocycles. The van der Waals surface area contributed by atoms with Crippen molar-refractivity contribution in [2.24, 2.45) is 0 Å². The maximum atomic E-state index is 11.8. The number of nitrogens with zero attached hydrogens (tertiary/aromatic N) is 1. The molecular formula is C11H23FN2. The van der Waals surface area contributed by atoms with Crippen molar-refractivity contribution < 1.29 is 4.39 Å². The third kappa shape index (κ3) is 4.38. The Labute approximate surface area is 86.9 Å². The van der Waals surface area contributed by atoms with E-state index < -0.39 is 0 Å². The highest BCUT2D eigenvalue weighted by molar-refractivity contribution is 4.75. The summed E-state index contributed by atoms with van der Waals surface area (Å²) in [6.07, 6.45) is 6.16. The Kier molecular flexibility index (Phi) is 6.12. The van der Waals surface area contributed by atoms with Crippen molar-refractivity contribution in [3.63, 3.8) is 0 Å². The van der Waals surface area contributed by atoms with Crippen LogP contribution in [0.4, 0.5) is 4.39 Å². The van der Waals surface area contributed by atoms with Gasteiger partial charge < -0.3 is 10.2 Å². The largest absolute Gasteiger partial charge is 0.315 e. The summed E-state index contributed by atoms with van der Waals surface area (Å²) in [7, 11) is 2.20. The SMILES string of the molecule is CN(CCNCCCF)C1CCCC1. The molecule has 0 atom stereocenters. The molecule has 0 aliphatic heterocycles. The standard InChI is InChI=1S/C11H23FN2/c1-14(11-5-2-3-6-11)10-9-13-8-4-7-12/h11,13H,2-10H2,1H3. The quantitative estimate of drug-likeness (QED) is 0.633. The van der Waals surface area contributed by atoms with Crippen LogP contribution in [-0.2, 0) is 0 Å². The van der Waals surface area contributed by atoms with Gasteiger partial charge in [0.25, 0.3) is 0 Å². The van der Waals surface area contributed by atoms with Crippen LogP contribution in [0.15, 0.2) is 0 Å². The van der Waals surface area contributed by atoms with E-state index in [0.717, 1.165) is 25.7 Å². The zero-order valence-electron chi connectivity index (χ0n) is 9.27. The fourth-order valence-corrected chi connectivity index (χ4v) is 2.10. The molecule has 3 heteroatoms. The molecule has 0 aromatic heterocycles. The maximum Gasteiger partial charge on any atom is 0.0906 e. The van der Waals surface area contributed by atoms with E-state index in [1.54, 1.807) is 0 Å². The summed E-state index contributed by atoms with van der Waals surface area (Å²) in [5, 5.41) is 3.26. The van der Waals surface area contributed by atoms with E-state index in [4.69, 9.17) is 0 Å². The van der Waals surface area contributed by atoms with Gasteiger partial charge in [0.1, 0.15) is 0 Å². The fraction of sp³-hybridized carbons (Fsp3) is 1.00. The van der Waals surface area contributed by atoms with E-state index in [-0.39, 0.29) is 6.67 Å². The van der Waals surface area contributed by atoms with Crippen LogP contribution in [0.25, 0.3) is 0 Å². The molecule has 2 nitrogen and oxygen atoms in total. The molecule has 1 rings (SSSR count). The highest BCUT2D eigenvalue weighted by Crippen LogP contribution is 2.21. The highest BCUT2D eigenvalue weighted by atomic mass is 19.1. The van der Waals surface area contributed by atoms with Crippen LogP contribution in [0.5, 0.6) is 0 Å². The number of hydrogen-bond acceptors (Lipinski definition) is 2. The second-order valence-electron chi connectivity index (χ2n) is 4.21. The van der Waals surface area contributed by atoms with Crippen LogP contribution < -0.4 is 5.32 Å². The van der Waals surface area contributed by atoms with Crippen LogP contribution >= 0.6 is 0 Å². The Bertz CT molecular complexity index is 135. The first-order valence-electron chi connectivity index (χ1n) is 5.81. The van der Waals surface area contributed by atoms with Crippen molar-refractivity contribution >= 4 is 0 Å². The van der Waals surface area contributed by atoms with Gasteiger partial charge in [-0.15, -0.1) is 0 Å². The van der Waals surface area contributed by atoms with Crippen molar-refractivity contribution in [2.75, 3.05) is 33.4 Å². The number of hydrogen-bond donors (Lipinski definition) is 1. The minimum Gasteiger partial charge on any atom is -0.315 e. The lowest BCUT2D eigenvalue weighted by Crippen LogP contribution is -2.35. The second-order valence-corrected chi connectivity index (χ2v) is 4.21. The molecule has 1 fully saturated rings. The lowest BCUT2D eigenvalue weighted by atomic mass is 10.2. The summed E-state index contributed by atoms with van der Waals surface area (Å²) in [5.41, 5.74) is 0. The Morgan fingerprint density at radius 1 is 1.29 bits per heavy atom. The average molecular weight is 202 g/mol. The Balaban J connectivity index is 1.94. The van der Waals surface area contributed by atoms with Crippen molar-refractivity contribution in [1.29, 1.82) is 0 Å². The molecule has 1 aliphatic rings. The molecule has 1 saturated carbocycles. The minimum atomic E-state index is -0.203. The minimum absolute atomic E-state index is 0.203. The molecular weight excluding hydrogens is 179 g/mol. The molecule has 0 unspecified atom stereocenters. The maximum absolute atomic E-state index is 11.8. The van der Waals surface area contributed by atoms with Gasteiger partial charge in [0, 0.05) is 19.1 Å². The van der Waals surface area contributed by atoms with E-state index in [2.05, 4.69) is 17.3 Å². The van der Waals surface area contributed by atoms with Crippen LogP contribution in [0.3, 0.4) is 0 Å². The van der Waals surface area contributed by atoms with Crippen molar-refractivity contribution in [1.82, 2.24) is 10.2 Å². The molecule has 0 amide bonds. The number of alkyl halides is 1. The smallest absolute Gasteiger partial charge is 0.0906 e. The number of rotatable bonds is 7. The zero-order valence-corrected chi connectivity index (χ0v) is 9.27. The third-order valence-corrected chi connectivity index (χ3v) is 3.08. The number of likely N-dealkylation sites (N-methyl/N-ethyl adjacent to an activating group) is 1. The predicted octanol–water partition coefficient (Wildman–Crippen LogP) is 1.81. The van der Waals surface area contributed by atoms with Gasteiger partial charge in [0.15, 0.2) is 0 Å². The van der Waals surface area contributed by atoms with Gasteiger partial charge in [-0.25, -0.2) is 0 Å². The van der Waals surface area contributed by atoms with Gasteiger partial charge in [0.05, 0.1) is 6.67 Å². The second kappa shape index (κ2) is 7.18. The molecule has 84 valence electrons. The highest BCUT2D eigenvalue weighted by Gasteiger charge is 2.18. The van der Waals surface area contributed by atoms with Crippen LogP contribution in [-0.4, -0.2) is 44.3 Å². The van der Waals surface area contributed by atoms with Crippen LogP contribution in [0, 0.1) is 0 Å². The summed E-state index contributed by atoms with van der Waals surface area (Å²) >= 11 is 0. The summed E-state index contributed by atoms with van der Waals surface area (Å²) in [6.45, 7) is 2.70. The predicted molar refractivity (Wildman–Crippen MR) is 58.3 cm³/mol. The van der Waals surface area contributed by atoms with E-state index in [0.29, 0.717) is 6.42 Å². The lowest BCUT2D eigenvalue weighted by molar-refractivity contribution is 0.245. The first kappa shape index (κ1) is 11.9. The Hall–Kier alpha value is -0.150. The molecule has 0 aromatic carbocycles. The van der Waals surface area contributed by atoms with Gasteiger partial charge in [-0.3, -0.25) is 4.39 Å². The Morgan fingerprint density at radius 2 is 2.00 bits per heavy atom. The molecule has 0 aromatic rings. The molecule has 0 spiro atoms. The number of halogens is 1. The normalized spacial score (nSPS) is 18.2. The summed E-state index contributed by atoms with van der Waals surface area (Å²) in [6, 6.07) is 0.804. The van der Waals surface area contributed by atoms with E-state index in [1.165, 1.54) is 25.7 Å². The molecule has 0 bridgehead atoms. The molecule has 0 radical (unpaired) electrons. The third-order valence-electron chi connectivity index (χ3n) is 3.08. The van der Waals surface area contributed by atoms with E-state index in [9.17, 15) is 4.39 Å². The molecule has 14 heavy (non-hydrogen) atoms. The fourth-order valence-electron chi connectivity index (χ4n) is 2.10. The zero-order chi connectivity index (χ0) is 10.2. The summed E-state index contributed by atoms with van der Waals surface area (Å²) in [4.78, 5) is 2.44. The van der Waals surface area contributed by atoms with Gasteiger partial charge in [-0.1, -0.05) is 12.8 Å². The van der Waals surface area contributed by atoms with Crippen LogP contribution in [0.2, 0.25) is 0 Å². The van der Waals surface area contributed by atoms with Gasteiger partial charge in [0.2, 0.25) is 0 Å². The summed E-state index contributed by atoms with van der Waals surface area (Å²) < 4.78 is 11.8. The molecule has 1 aliphatic carbocycles. The topological polar surface area (TPSA) is 15.3 Å². The van der Waals surface area contributed by atoms with Crippen LogP contribution in [0.1, 0.15) is 32.1 Å². The van der Waals surface area contributed by atoms with E-state index >= 15 is 0 Å². The number of nitrogens with one attached hydrogen (secondary N) is 1. The van der Waals surface area contributed by atoms with Gasteiger partial charge in [-0.2, -0.15) is 0 Å². The first-order valence-corrected chi connectivity index (χ1v) is 5.81. The van der Waals surface area contributed by atoms with Crippen molar-refractivity contribution in [3.8, 4) is 0 Å². The van der Waals surface area contributed by atoms with Gasteiger partial charge in [-0.05, 0) is 32.9 Å². The summed E-state index contributed by atoms with van der Waals surface area (Å²) in [5.74, 6) is 0. The lowest BCUT2D eigenvalue weighted by Gasteiger charge is -2.23. The van der Waals surface area contributed by atoms with E-state index in [1.807, 2.05) is 0 Å². The molecule has 1 N–H and O–H groups in total. The monoisotopic (exact) mass is 202 g/mol. The van der Waals surface area contributed by atoms with Crippen molar-refractivity contribution in [2.45, 2.75) is 38.1 Å². The average Bonchev–Trinajstić information content (AvgIpc) is 2.70. The van der Waals surface area contributed by atoms with Crippen molar-refractivity contribution in [3.05, 3.63) is 0 Å². The van der Waals surface area contributed by atoms with Gasteiger partial charge >= 0.3 is 0 Å². The first-order chi connectivity index (χ1) is 6.84.